The number of rotatable bonds is 4. The minimum absolute atomic E-state index is 0.0419. The molecule has 0 saturated carbocycles. The molecule has 2 aromatic carbocycles. The van der Waals surface area contributed by atoms with E-state index in [1.165, 1.54) is 0 Å². The summed E-state index contributed by atoms with van der Waals surface area (Å²) in [5, 5.41) is 14.3. The van der Waals surface area contributed by atoms with Gasteiger partial charge >= 0.3 is 5.56 Å². The number of piperidine rings is 1. The van der Waals surface area contributed by atoms with Gasteiger partial charge in [-0.15, -0.1) is 0 Å². The molecule has 0 bridgehead atoms. The maximum atomic E-state index is 13.5. The highest BCUT2D eigenvalue weighted by molar-refractivity contribution is 5.83. The van der Waals surface area contributed by atoms with Crippen molar-refractivity contribution in [2.24, 2.45) is 5.92 Å². The van der Waals surface area contributed by atoms with Crippen LogP contribution in [0.15, 0.2) is 47.3 Å². The fourth-order valence-electron chi connectivity index (χ4n) is 4.15. The average molecular weight is 378 g/mol. The van der Waals surface area contributed by atoms with Crippen LogP contribution in [0.5, 0.6) is 5.75 Å². The number of benzene rings is 2. The van der Waals surface area contributed by atoms with Crippen LogP contribution in [0.3, 0.4) is 0 Å². The lowest BCUT2D eigenvalue weighted by molar-refractivity contribution is -0.369. The minimum atomic E-state index is 0.0419. The molecule has 1 saturated heterocycles. The van der Waals surface area contributed by atoms with Crippen molar-refractivity contribution in [3.63, 3.8) is 0 Å². The number of nitrogens with zero attached hydrogens (tertiary/aromatic N) is 1. The Morgan fingerprint density at radius 3 is 2.79 bits per heavy atom. The van der Waals surface area contributed by atoms with Crippen LogP contribution in [0.1, 0.15) is 38.4 Å². The highest BCUT2D eigenvalue weighted by Crippen LogP contribution is 2.29. The van der Waals surface area contributed by atoms with Crippen molar-refractivity contribution in [1.82, 2.24) is 9.88 Å². The Morgan fingerprint density at radius 2 is 2.07 bits per heavy atom. The van der Waals surface area contributed by atoms with Crippen molar-refractivity contribution in [3.05, 3.63) is 58.6 Å². The van der Waals surface area contributed by atoms with Crippen molar-refractivity contribution in [1.29, 1.82) is 0 Å². The molecule has 146 valence electrons. The van der Waals surface area contributed by atoms with Crippen molar-refractivity contribution in [3.8, 4) is 16.9 Å². The van der Waals surface area contributed by atoms with Gasteiger partial charge in [0, 0.05) is 18.0 Å². The predicted octanol–water partition coefficient (Wildman–Crippen LogP) is 3.31. The number of nitrogens with one attached hydrogen (secondary N) is 2. The number of aromatic amines is 1. The third kappa shape index (κ3) is 3.54. The molecule has 3 N–H and O–H groups in total. The number of aromatic nitrogens is 2. The number of phenols is 1. The lowest BCUT2D eigenvalue weighted by atomic mass is 9.99. The van der Waals surface area contributed by atoms with E-state index in [1.54, 1.807) is 12.1 Å². The highest BCUT2D eigenvalue weighted by atomic mass is 16.3. The molecule has 0 spiro atoms. The Morgan fingerprint density at radius 1 is 1.25 bits per heavy atom. The van der Waals surface area contributed by atoms with E-state index in [0.29, 0.717) is 11.3 Å². The second kappa shape index (κ2) is 7.76. The number of para-hydroxylation sites is 1. The smallest absolute Gasteiger partial charge is 0.345 e. The molecular weight excluding hydrogens is 350 g/mol. The summed E-state index contributed by atoms with van der Waals surface area (Å²) in [5.74, 6) is 1.89. The second-order valence-corrected chi connectivity index (χ2v) is 8.07. The predicted molar refractivity (Wildman–Crippen MR) is 112 cm³/mol. The van der Waals surface area contributed by atoms with E-state index in [0.717, 1.165) is 54.9 Å². The zero-order valence-electron chi connectivity index (χ0n) is 16.5. The molecule has 1 fully saturated rings. The van der Waals surface area contributed by atoms with Gasteiger partial charge in [-0.3, -0.25) is 0 Å². The van der Waals surface area contributed by atoms with E-state index in [2.05, 4.69) is 24.1 Å². The Labute approximate surface area is 165 Å². The number of fused-ring (bicyclic) bond motifs is 1. The van der Waals surface area contributed by atoms with Crippen molar-refractivity contribution in [2.75, 3.05) is 13.1 Å². The Kier molecular flexibility index (Phi) is 5.18. The Balaban J connectivity index is 1.84. The summed E-state index contributed by atoms with van der Waals surface area (Å²) in [6.45, 7) is 6.98. The molecule has 2 heterocycles. The fraction of sp³-hybridized carbons (Fsp3) is 0.391. The topological polar surface area (TPSA) is 68.4 Å². The summed E-state index contributed by atoms with van der Waals surface area (Å²) in [4.78, 5) is 17.0. The number of aromatic hydroxyl groups is 1. The number of hydrogen-bond acceptors (Lipinski definition) is 3. The largest absolute Gasteiger partial charge is 0.507 e. The van der Waals surface area contributed by atoms with Gasteiger partial charge in [0.25, 0.3) is 5.82 Å². The summed E-state index contributed by atoms with van der Waals surface area (Å²) in [6.07, 6.45) is 2.30. The molecular formula is C23H28N3O2+. The van der Waals surface area contributed by atoms with Crippen molar-refractivity contribution >= 4 is 10.9 Å². The van der Waals surface area contributed by atoms with Crippen LogP contribution in [-0.2, 0) is 6.54 Å². The van der Waals surface area contributed by atoms with Crippen LogP contribution in [-0.4, -0.2) is 22.8 Å². The summed E-state index contributed by atoms with van der Waals surface area (Å²) < 4.78 is 1.93. The van der Waals surface area contributed by atoms with Gasteiger partial charge in [0.2, 0.25) is 0 Å². The third-order valence-electron chi connectivity index (χ3n) is 5.65. The van der Waals surface area contributed by atoms with Crippen LogP contribution in [0.4, 0.5) is 0 Å². The van der Waals surface area contributed by atoms with Gasteiger partial charge in [0.1, 0.15) is 16.7 Å². The van der Waals surface area contributed by atoms with Crippen LogP contribution in [0, 0.1) is 5.92 Å². The molecule has 28 heavy (non-hydrogen) atoms. The molecule has 5 nitrogen and oxygen atoms in total. The first-order valence-electron chi connectivity index (χ1n) is 10.1. The molecule has 1 aliphatic heterocycles. The Hall–Kier alpha value is -2.66. The summed E-state index contributed by atoms with van der Waals surface area (Å²) in [6, 6.07) is 13.0. The van der Waals surface area contributed by atoms with E-state index in [4.69, 9.17) is 0 Å². The maximum Gasteiger partial charge on any atom is 0.345 e. The highest BCUT2D eigenvalue weighted by Gasteiger charge is 2.25. The zero-order chi connectivity index (χ0) is 19.7. The molecule has 1 aromatic heterocycles. The minimum Gasteiger partial charge on any atom is -0.507 e. The van der Waals surface area contributed by atoms with Gasteiger partial charge in [-0.1, -0.05) is 32.0 Å². The van der Waals surface area contributed by atoms with E-state index in [1.807, 2.05) is 34.9 Å². The first kappa shape index (κ1) is 18.7. The van der Waals surface area contributed by atoms with Gasteiger partial charge < -0.3 is 10.4 Å². The number of hydrogen-bond donors (Lipinski definition) is 2. The van der Waals surface area contributed by atoms with E-state index in [9.17, 15) is 9.90 Å². The van der Waals surface area contributed by atoms with Crippen LogP contribution in [0.25, 0.3) is 22.0 Å². The number of phenolic OH excluding ortho intramolecular Hbond substituents is 1. The molecule has 1 atom stereocenters. The molecule has 0 unspecified atom stereocenters. The summed E-state index contributed by atoms with van der Waals surface area (Å²) in [7, 11) is 0. The SMILES string of the molecule is CC(C)c1[nH+]c2ccc(-c3ccccc3O)cc2c(=O)n1C[C@H]1CCCNC1. The zero-order valence-corrected chi connectivity index (χ0v) is 16.5. The van der Waals surface area contributed by atoms with E-state index < -0.39 is 0 Å². The molecule has 1 aliphatic rings. The maximum absolute atomic E-state index is 13.5. The van der Waals surface area contributed by atoms with Gasteiger partial charge in [0.15, 0.2) is 0 Å². The molecule has 4 rings (SSSR count). The molecule has 5 heteroatoms. The van der Waals surface area contributed by atoms with Crippen molar-refractivity contribution < 1.29 is 10.1 Å². The normalized spacial score (nSPS) is 17.3. The first-order chi connectivity index (χ1) is 13.5. The van der Waals surface area contributed by atoms with Crippen LogP contribution < -0.4 is 15.9 Å². The molecule has 0 radical (unpaired) electrons. The fourth-order valence-corrected chi connectivity index (χ4v) is 4.15. The lowest BCUT2D eigenvalue weighted by Gasteiger charge is -2.22. The molecule has 3 aromatic rings. The van der Waals surface area contributed by atoms with E-state index >= 15 is 0 Å². The van der Waals surface area contributed by atoms with E-state index in [-0.39, 0.29) is 17.2 Å². The first-order valence-corrected chi connectivity index (χ1v) is 10.1. The average Bonchev–Trinajstić information content (AvgIpc) is 2.71. The van der Waals surface area contributed by atoms with Gasteiger partial charge in [-0.25, -0.2) is 9.78 Å². The van der Waals surface area contributed by atoms with Gasteiger partial charge in [-0.2, -0.15) is 4.57 Å². The third-order valence-corrected chi connectivity index (χ3v) is 5.65. The Bertz CT molecular complexity index is 1050. The molecule has 0 aliphatic carbocycles. The quantitative estimate of drug-likeness (QED) is 0.732. The molecule has 0 amide bonds. The standard InChI is InChI=1S/C23H27N3O2/c1-15(2)22-25-20-10-9-17(18-7-3-4-8-21(18)27)12-19(20)23(28)26(22)14-16-6-5-11-24-13-16/h3-4,7-10,12,15-16,24,27H,5-6,11,13-14H2,1-2H3/p+1/t16-/m0/s1. The van der Waals surface area contributed by atoms with Crippen LogP contribution in [0.2, 0.25) is 0 Å². The summed E-state index contributed by atoms with van der Waals surface area (Å²) in [5.41, 5.74) is 2.46. The van der Waals surface area contributed by atoms with Crippen LogP contribution >= 0.6 is 0 Å². The second-order valence-electron chi connectivity index (χ2n) is 8.07. The number of H-pyrrole nitrogens is 1. The lowest BCUT2D eigenvalue weighted by Crippen LogP contribution is -2.39. The van der Waals surface area contributed by atoms with Crippen molar-refractivity contribution in [2.45, 2.75) is 39.2 Å². The van der Waals surface area contributed by atoms with Gasteiger partial charge in [0.05, 0.1) is 12.5 Å². The van der Waals surface area contributed by atoms with Gasteiger partial charge in [-0.05, 0) is 49.2 Å². The summed E-state index contributed by atoms with van der Waals surface area (Å²) >= 11 is 0. The monoisotopic (exact) mass is 378 g/mol.